The number of hydrogen-bond donors (Lipinski definition) is 1. The summed E-state index contributed by atoms with van der Waals surface area (Å²) in [6.45, 7) is 0.342. The Bertz CT molecular complexity index is 384. The van der Waals surface area contributed by atoms with Crippen LogP contribution >= 0.6 is 11.3 Å². The van der Waals surface area contributed by atoms with Crippen molar-refractivity contribution in [3.8, 4) is 11.8 Å². The lowest BCUT2D eigenvalue weighted by molar-refractivity contribution is 0.0828. The van der Waals surface area contributed by atoms with Gasteiger partial charge in [0.15, 0.2) is 0 Å². The Kier molecular flexibility index (Phi) is 3.69. The van der Waals surface area contributed by atoms with Gasteiger partial charge in [0, 0.05) is 19.5 Å². The molecule has 0 fully saturated rings. The number of rotatable bonds is 1. The van der Waals surface area contributed by atoms with Crippen LogP contribution < -0.4 is 5.73 Å². The summed E-state index contributed by atoms with van der Waals surface area (Å²) in [6, 6.07) is 1.79. The molecule has 2 N–H and O–H groups in total. The highest BCUT2D eigenvalue weighted by atomic mass is 32.1. The summed E-state index contributed by atoms with van der Waals surface area (Å²) in [5.41, 5.74) is 5.93. The first-order valence-corrected chi connectivity index (χ1v) is 5.02. The van der Waals surface area contributed by atoms with Crippen LogP contribution in [0.3, 0.4) is 0 Å². The quantitative estimate of drug-likeness (QED) is 0.693. The summed E-state index contributed by atoms with van der Waals surface area (Å²) in [5.74, 6) is 5.64. The van der Waals surface area contributed by atoms with Crippen LogP contribution in [0.5, 0.6) is 0 Å². The molecule has 1 aromatic rings. The maximum absolute atomic E-state index is 11.5. The molecule has 1 aromatic heterocycles. The lowest BCUT2D eigenvalue weighted by Crippen LogP contribution is -2.20. The van der Waals surface area contributed by atoms with Gasteiger partial charge in [0.25, 0.3) is 5.91 Å². The van der Waals surface area contributed by atoms with Crippen molar-refractivity contribution in [2.75, 3.05) is 20.6 Å². The normalized spacial score (nSPS) is 9.07. The molecule has 1 rings (SSSR count). The van der Waals surface area contributed by atoms with Gasteiger partial charge in [0.1, 0.15) is 0 Å². The number of carbonyl (C=O) groups excluding carboxylic acids is 1. The van der Waals surface area contributed by atoms with E-state index in [2.05, 4.69) is 11.8 Å². The maximum atomic E-state index is 11.5. The van der Waals surface area contributed by atoms with Crippen molar-refractivity contribution in [2.24, 2.45) is 5.73 Å². The van der Waals surface area contributed by atoms with Crippen molar-refractivity contribution in [1.82, 2.24) is 4.90 Å². The number of nitrogens with two attached hydrogens (primary N) is 1. The van der Waals surface area contributed by atoms with Crippen LogP contribution in [0.1, 0.15) is 15.2 Å². The first kappa shape index (κ1) is 10.8. The van der Waals surface area contributed by atoms with E-state index >= 15 is 0 Å². The summed E-state index contributed by atoms with van der Waals surface area (Å²) in [6.07, 6.45) is 0. The molecule has 0 bridgehead atoms. The standard InChI is InChI=1S/C10H12N2OS/c1-12(2)10(13)8-6-9(14-7-8)4-3-5-11/h6-7H,5,11H2,1-2H3. The van der Waals surface area contributed by atoms with Crippen LogP contribution in [0.15, 0.2) is 11.4 Å². The molecule has 1 heterocycles. The zero-order chi connectivity index (χ0) is 10.6. The van der Waals surface area contributed by atoms with E-state index in [0.717, 1.165) is 4.88 Å². The topological polar surface area (TPSA) is 46.3 Å². The Hall–Kier alpha value is -1.31. The van der Waals surface area contributed by atoms with Crippen molar-refractivity contribution < 1.29 is 4.79 Å². The van der Waals surface area contributed by atoms with E-state index in [1.807, 2.05) is 5.38 Å². The molecule has 0 aliphatic carbocycles. The fourth-order valence-electron chi connectivity index (χ4n) is 0.910. The Morgan fingerprint density at radius 3 is 2.93 bits per heavy atom. The fourth-order valence-corrected chi connectivity index (χ4v) is 1.66. The van der Waals surface area contributed by atoms with E-state index in [-0.39, 0.29) is 5.91 Å². The van der Waals surface area contributed by atoms with E-state index in [4.69, 9.17) is 5.73 Å². The van der Waals surface area contributed by atoms with Crippen LogP contribution in [0.4, 0.5) is 0 Å². The maximum Gasteiger partial charge on any atom is 0.254 e. The second-order valence-electron chi connectivity index (χ2n) is 2.91. The smallest absolute Gasteiger partial charge is 0.254 e. The lowest BCUT2D eigenvalue weighted by Gasteiger charge is -2.07. The zero-order valence-corrected chi connectivity index (χ0v) is 9.02. The Morgan fingerprint density at radius 1 is 1.64 bits per heavy atom. The van der Waals surface area contributed by atoms with Crippen molar-refractivity contribution in [3.63, 3.8) is 0 Å². The SMILES string of the molecule is CN(C)C(=O)c1csc(C#CCN)c1. The number of nitrogens with zero attached hydrogens (tertiary/aromatic N) is 1. The van der Waals surface area contributed by atoms with E-state index in [1.165, 1.54) is 11.3 Å². The largest absolute Gasteiger partial charge is 0.345 e. The first-order valence-electron chi connectivity index (χ1n) is 4.14. The summed E-state index contributed by atoms with van der Waals surface area (Å²) in [4.78, 5) is 13.9. The summed E-state index contributed by atoms with van der Waals surface area (Å²) >= 11 is 1.46. The van der Waals surface area contributed by atoms with Gasteiger partial charge in [-0.15, -0.1) is 11.3 Å². The van der Waals surface area contributed by atoms with Gasteiger partial charge in [-0.1, -0.05) is 11.8 Å². The van der Waals surface area contributed by atoms with Crippen LogP contribution in [-0.2, 0) is 0 Å². The molecule has 74 valence electrons. The second kappa shape index (κ2) is 4.80. The third-order valence-corrected chi connectivity index (χ3v) is 2.41. The summed E-state index contributed by atoms with van der Waals surface area (Å²) in [7, 11) is 3.45. The van der Waals surface area contributed by atoms with Gasteiger partial charge in [-0.05, 0) is 6.07 Å². The minimum atomic E-state index is 0.00190. The number of carbonyl (C=O) groups is 1. The van der Waals surface area contributed by atoms with E-state index in [0.29, 0.717) is 12.1 Å². The molecule has 14 heavy (non-hydrogen) atoms. The third kappa shape index (κ3) is 2.59. The predicted molar refractivity (Wildman–Crippen MR) is 58.3 cm³/mol. The average molecular weight is 208 g/mol. The number of amides is 1. The molecule has 4 heteroatoms. The van der Waals surface area contributed by atoms with Crippen molar-refractivity contribution in [1.29, 1.82) is 0 Å². The molecule has 0 spiro atoms. The highest BCUT2D eigenvalue weighted by Gasteiger charge is 2.09. The number of thiophene rings is 1. The Labute approximate surface area is 87.5 Å². The summed E-state index contributed by atoms with van der Waals surface area (Å²) < 4.78 is 0. The minimum absolute atomic E-state index is 0.00190. The van der Waals surface area contributed by atoms with Gasteiger partial charge in [-0.25, -0.2) is 0 Å². The van der Waals surface area contributed by atoms with E-state index in [1.54, 1.807) is 25.1 Å². The van der Waals surface area contributed by atoms with Gasteiger partial charge in [-0.3, -0.25) is 4.79 Å². The summed E-state index contributed by atoms with van der Waals surface area (Å²) in [5, 5.41) is 1.81. The van der Waals surface area contributed by atoms with E-state index in [9.17, 15) is 4.79 Å². The fraction of sp³-hybridized carbons (Fsp3) is 0.300. The molecular weight excluding hydrogens is 196 g/mol. The monoisotopic (exact) mass is 208 g/mol. The van der Waals surface area contributed by atoms with Crippen molar-refractivity contribution in [2.45, 2.75) is 0 Å². The molecule has 3 nitrogen and oxygen atoms in total. The Balaban J connectivity index is 2.83. The third-order valence-electron chi connectivity index (χ3n) is 1.57. The average Bonchev–Trinajstić information content (AvgIpc) is 2.61. The van der Waals surface area contributed by atoms with E-state index < -0.39 is 0 Å². The molecule has 1 amide bonds. The van der Waals surface area contributed by atoms with Gasteiger partial charge in [-0.2, -0.15) is 0 Å². The first-order chi connectivity index (χ1) is 6.65. The molecule has 0 saturated heterocycles. The highest BCUT2D eigenvalue weighted by Crippen LogP contribution is 2.14. The van der Waals surface area contributed by atoms with Crippen LogP contribution in [0.25, 0.3) is 0 Å². The zero-order valence-electron chi connectivity index (χ0n) is 8.20. The van der Waals surface area contributed by atoms with Gasteiger partial charge in [0.2, 0.25) is 0 Å². The second-order valence-corrected chi connectivity index (χ2v) is 3.82. The molecule has 0 unspecified atom stereocenters. The van der Waals surface area contributed by atoms with Gasteiger partial charge >= 0.3 is 0 Å². The molecule has 0 aliphatic heterocycles. The molecule has 0 saturated carbocycles. The molecule has 0 aliphatic rings. The van der Waals surface area contributed by atoms with Crippen LogP contribution in [-0.4, -0.2) is 31.4 Å². The molecular formula is C10H12N2OS. The molecule has 0 aromatic carbocycles. The molecule has 0 radical (unpaired) electrons. The van der Waals surface area contributed by atoms with Gasteiger partial charge in [0.05, 0.1) is 17.0 Å². The minimum Gasteiger partial charge on any atom is -0.345 e. The van der Waals surface area contributed by atoms with Crippen molar-refractivity contribution in [3.05, 3.63) is 21.9 Å². The molecule has 0 atom stereocenters. The van der Waals surface area contributed by atoms with Crippen LogP contribution in [0.2, 0.25) is 0 Å². The Morgan fingerprint density at radius 2 is 2.36 bits per heavy atom. The lowest BCUT2D eigenvalue weighted by atomic mass is 10.3. The van der Waals surface area contributed by atoms with Gasteiger partial charge < -0.3 is 10.6 Å². The highest BCUT2D eigenvalue weighted by molar-refractivity contribution is 7.10. The number of hydrogen-bond acceptors (Lipinski definition) is 3. The predicted octanol–water partition coefficient (Wildman–Crippen LogP) is 0.760. The van der Waals surface area contributed by atoms with Crippen molar-refractivity contribution >= 4 is 17.2 Å². The van der Waals surface area contributed by atoms with Crippen LogP contribution in [0, 0.1) is 11.8 Å².